The quantitative estimate of drug-likeness (QED) is 0.387. The molecule has 0 aliphatic rings. The van der Waals surface area contributed by atoms with Gasteiger partial charge in [-0.1, -0.05) is 29.8 Å². The summed E-state index contributed by atoms with van der Waals surface area (Å²) in [6, 6.07) is 16.3. The molecule has 0 saturated heterocycles. The van der Waals surface area contributed by atoms with Crippen molar-refractivity contribution in [1.82, 2.24) is 0 Å². The van der Waals surface area contributed by atoms with Crippen molar-refractivity contribution in [2.24, 2.45) is 0 Å². The van der Waals surface area contributed by atoms with E-state index in [2.05, 4.69) is 21.2 Å². The number of carboxylic acids is 1. The number of benzene rings is 3. The lowest BCUT2D eigenvalue weighted by Gasteiger charge is -2.16. The molecule has 3 aromatic rings. The number of aryl methyl sites for hydroxylation is 1. The molecule has 156 valence electrons. The van der Waals surface area contributed by atoms with Gasteiger partial charge in [-0.05, 0) is 75.9 Å². The monoisotopic (exact) mass is 489 g/mol. The van der Waals surface area contributed by atoms with Crippen molar-refractivity contribution in [3.05, 3.63) is 86.3 Å². The number of carboxylic acid groups (broad SMARTS) is 1. The van der Waals surface area contributed by atoms with Crippen molar-refractivity contribution in [3.63, 3.8) is 0 Å². The molecule has 0 fully saturated rings. The van der Waals surface area contributed by atoms with Crippen molar-refractivity contribution in [3.8, 4) is 11.5 Å². The molecule has 3 rings (SSSR count). The van der Waals surface area contributed by atoms with Gasteiger partial charge in [-0.25, -0.2) is 4.79 Å². The van der Waals surface area contributed by atoms with E-state index in [-0.39, 0.29) is 5.56 Å². The summed E-state index contributed by atoms with van der Waals surface area (Å²) in [5.74, 6) is 0.244. The van der Waals surface area contributed by atoms with Crippen LogP contribution in [0.15, 0.2) is 59.1 Å². The third-order valence-corrected chi connectivity index (χ3v) is 5.35. The van der Waals surface area contributed by atoms with Crippen molar-refractivity contribution in [1.29, 1.82) is 0 Å². The second kappa shape index (κ2) is 9.87. The van der Waals surface area contributed by atoms with E-state index >= 15 is 0 Å². The summed E-state index contributed by atoms with van der Waals surface area (Å²) in [5.41, 5.74) is 3.88. The highest BCUT2D eigenvalue weighted by Gasteiger charge is 2.13. The first-order chi connectivity index (χ1) is 14.4. The Kier molecular flexibility index (Phi) is 7.24. The maximum atomic E-state index is 11.2. The van der Waals surface area contributed by atoms with Crippen LogP contribution < -0.4 is 14.8 Å². The number of hydrogen-bond donors (Lipinski definition) is 2. The number of ether oxygens (including phenoxy) is 2. The van der Waals surface area contributed by atoms with Crippen LogP contribution in [0.1, 0.15) is 27.0 Å². The molecule has 30 heavy (non-hydrogen) atoms. The molecule has 7 heteroatoms. The van der Waals surface area contributed by atoms with Gasteiger partial charge in [0.2, 0.25) is 0 Å². The first-order valence-electron chi connectivity index (χ1n) is 9.19. The SMILES string of the molecule is COc1cc(CNc2cc(C(=O)O)ccc2C)cc(Br)c1OCc1cccc(Cl)c1. The molecule has 0 radical (unpaired) electrons. The smallest absolute Gasteiger partial charge is 0.335 e. The van der Waals surface area contributed by atoms with Gasteiger partial charge in [0.1, 0.15) is 6.61 Å². The van der Waals surface area contributed by atoms with Crippen LogP contribution in [0.4, 0.5) is 5.69 Å². The van der Waals surface area contributed by atoms with Crippen LogP contribution in [0.25, 0.3) is 0 Å². The van der Waals surface area contributed by atoms with E-state index in [1.807, 2.05) is 43.3 Å². The highest BCUT2D eigenvalue weighted by atomic mass is 79.9. The van der Waals surface area contributed by atoms with Crippen LogP contribution in [0.2, 0.25) is 5.02 Å². The van der Waals surface area contributed by atoms with Gasteiger partial charge in [0, 0.05) is 17.3 Å². The standard InChI is InChI=1S/C23H21BrClNO4/c1-14-6-7-17(23(27)28)11-20(14)26-12-16-9-19(24)22(21(10-16)29-2)30-13-15-4-3-5-18(25)8-15/h3-11,26H,12-13H2,1-2H3,(H,27,28). The van der Waals surface area contributed by atoms with Crippen LogP contribution in [0.5, 0.6) is 11.5 Å². The molecular weight excluding hydrogens is 470 g/mol. The summed E-state index contributed by atoms with van der Waals surface area (Å²) >= 11 is 9.59. The Morgan fingerprint density at radius 2 is 1.93 bits per heavy atom. The van der Waals surface area contributed by atoms with E-state index in [9.17, 15) is 9.90 Å². The lowest BCUT2D eigenvalue weighted by Crippen LogP contribution is -2.05. The third-order valence-electron chi connectivity index (χ3n) is 4.53. The van der Waals surface area contributed by atoms with Gasteiger partial charge in [-0.2, -0.15) is 0 Å². The van der Waals surface area contributed by atoms with Gasteiger partial charge < -0.3 is 19.9 Å². The van der Waals surface area contributed by atoms with Crippen LogP contribution in [-0.4, -0.2) is 18.2 Å². The number of halogens is 2. The van der Waals surface area contributed by atoms with Crippen LogP contribution in [0, 0.1) is 6.92 Å². The highest BCUT2D eigenvalue weighted by Crippen LogP contribution is 2.37. The summed E-state index contributed by atoms with van der Waals surface area (Å²) in [4.78, 5) is 11.2. The van der Waals surface area contributed by atoms with E-state index in [1.165, 1.54) is 0 Å². The maximum Gasteiger partial charge on any atom is 0.335 e. The lowest BCUT2D eigenvalue weighted by atomic mass is 10.1. The maximum absolute atomic E-state index is 11.2. The topological polar surface area (TPSA) is 67.8 Å². The number of nitrogens with one attached hydrogen (secondary N) is 1. The molecule has 0 aliphatic heterocycles. The molecule has 0 heterocycles. The van der Waals surface area contributed by atoms with Gasteiger partial charge in [-0.3, -0.25) is 0 Å². The molecule has 5 nitrogen and oxygen atoms in total. The molecule has 2 N–H and O–H groups in total. The fourth-order valence-corrected chi connectivity index (χ4v) is 3.76. The average molecular weight is 491 g/mol. The molecular formula is C23H21BrClNO4. The van der Waals surface area contributed by atoms with E-state index < -0.39 is 5.97 Å². The minimum Gasteiger partial charge on any atom is -0.493 e. The molecule has 3 aromatic carbocycles. The predicted molar refractivity (Wildman–Crippen MR) is 122 cm³/mol. The number of hydrogen-bond acceptors (Lipinski definition) is 4. The molecule has 0 aliphatic carbocycles. The summed E-state index contributed by atoms with van der Waals surface area (Å²) in [5, 5.41) is 13.1. The minimum absolute atomic E-state index is 0.242. The Morgan fingerprint density at radius 1 is 1.13 bits per heavy atom. The Balaban J connectivity index is 1.75. The zero-order valence-electron chi connectivity index (χ0n) is 16.5. The first kappa shape index (κ1) is 22.0. The molecule has 0 aromatic heterocycles. The summed E-state index contributed by atoms with van der Waals surface area (Å²) in [6.45, 7) is 2.78. The molecule has 0 amide bonds. The number of rotatable bonds is 8. The van der Waals surface area contributed by atoms with E-state index in [0.29, 0.717) is 29.7 Å². The molecule has 0 bridgehead atoms. The molecule has 0 spiro atoms. The van der Waals surface area contributed by atoms with Gasteiger partial charge in [-0.15, -0.1) is 0 Å². The van der Waals surface area contributed by atoms with Crippen LogP contribution >= 0.6 is 27.5 Å². The average Bonchev–Trinajstić information content (AvgIpc) is 2.71. The fourth-order valence-electron chi connectivity index (χ4n) is 2.94. The predicted octanol–water partition coefficient (Wildman–Crippen LogP) is 6.31. The number of aromatic carboxylic acids is 1. The molecule has 0 unspecified atom stereocenters. The summed E-state index contributed by atoms with van der Waals surface area (Å²) in [6.07, 6.45) is 0. The Bertz CT molecular complexity index is 1070. The van der Waals surface area contributed by atoms with Gasteiger partial charge in [0.15, 0.2) is 11.5 Å². The first-order valence-corrected chi connectivity index (χ1v) is 10.4. The number of carbonyl (C=O) groups is 1. The van der Waals surface area contributed by atoms with Gasteiger partial charge in [0.05, 0.1) is 17.1 Å². The zero-order chi connectivity index (χ0) is 21.7. The van der Waals surface area contributed by atoms with Crippen LogP contribution in [0.3, 0.4) is 0 Å². The highest BCUT2D eigenvalue weighted by molar-refractivity contribution is 9.10. The molecule has 0 saturated carbocycles. The summed E-state index contributed by atoms with van der Waals surface area (Å²) in [7, 11) is 1.59. The van der Waals surface area contributed by atoms with Crippen molar-refractivity contribution >= 4 is 39.2 Å². The Hall–Kier alpha value is -2.70. The summed E-state index contributed by atoms with van der Waals surface area (Å²) < 4.78 is 12.2. The molecule has 0 atom stereocenters. The zero-order valence-corrected chi connectivity index (χ0v) is 18.9. The van der Waals surface area contributed by atoms with Crippen molar-refractivity contribution in [2.45, 2.75) is 20.1 Å². The van der Waals surface area contributed by atoms with E-state index in [1.54, 1.807) is 25.3 Å². The van der Waals surface area contributed by atoms with E-state index in [4.69, 9.17) is 21.1 Å². The second-order valence-electron chi connectivity index (χ2n) is 6.72. The fraction of sp³-hybridized carbons (Fsp3) is 0.174. The normalized spacial score (nSPS) is 10.5. The lowest BCUT2D eigenvalue weighted by molar-refractivity contribution is 0.0697. The van der Waals surface area contributed by atoms with Crippen LogP contribution in [-0.2, 0) is 13.2 Å². The van der Waals surface area contributed by atoms with Crippen molar-refractivity contribution in [2.75, 3.05) is 12.4 Å². The van der Waals surface area contributed by atoms with E-state index in [0.717, 1.165) is 26.9 Å². The number of anilines is 1. The number of methoxy groups -OCH3 is 1. The Labute approximate surface area is 188 Å². The Morgan fingerprint density at radius 3 is 2.63 bits per heavy atom. The largest absolute Gasteiger partial charge is 0.493 e. The van der Waals surface area contributed by atoms with Gasteiger partial charge >= 0.3 is 5.97 Å². The second-order valence-corrected chi connectivity index (χ2v) is 8.01. The van der Waals surface area contributed by atoms with Crippen molar-refractivity contribution < 1.29 is 19.4 Å². The minimum atomic E-state index is -0.955. The van der Waals surface area contributed by atoms with Gasteiger partial charge in [0.25, 0.3) is 0 Å². The third kappa shape index (κ3) is 5.46.